The van der Waals surface area contributed by atoms with Gasteiger partial charge < -0.3 is 5.32 Å². The topological polar surface area (TPSA) is 12.0 Å². The summed E-state index contributed by atoms with van der Waals surface area (Å²) in [7, 11) is 0. The van der Waals surface area contributed by atoms with Crippen molar-refractivity contribution < 1.29 is 0 Å². The molecule has 1 atom stereocenters. The van der Waals surface area contributed by atoms with Gasteiger partial charge in [-0.25, -0.2) is 0 Å². The van der Waals surface area contributed by atoms with E-state index in [9.17, 15) is 0 Å². The summed E-state index contributed by atoms with van der Waals surface area (Å²) in [5.41, 5.74) is 2.99. The molecule has 0 amide bonds. The highest BCUT2D eigenvalue weighted by Crippen LogP contribution is 2.38. The van der Waals surface area contributed by atoms with Crippen LogP contribution in [0.3, 0.4) is 0 Å². The summed E-state index contributed by atoms with van der Waals surface area (Å²) >= 11 is 0. The van der Waals surface area contributed by atoms with Crippen molar-refractivity contribution in [1.82, 2.24) is 5.32 Å². The summed E-state index contributed by atoms with van der Waals surface area (Å²) < 4.78 is 0. The van der Waals surface area contributed by atoms with Gasteiger partial charge in [-0.15, -0.1) is 0 Å². The maximum Gasteiger partial charge on any atom is 0.0327 e. The van der Waals surface area contributed by atoms with Crippen molar-refractivity contribution in [3.8, 4) is 0 Å². The fraction of sp³-hybridized carbons (Fsp3) is 0.368. The molecular weight excluding hydrogens is 242 g/mol. The number of hydrogen-bond acceptors (Lipinski definition) is 1. The highest BCUT2D eigenvalue weighted by Gasteiger charge is 2.35. The third-order valence-corrected chi connectivity index (χ3v) is 4.65. The van der Waals surface area contributed by atoms with Crippen molar-refractivity contribution in [2.45, 2.75) is 37.6 Å². The Hall–Kier alpha value is -1.60. The van der Waals surface area contributed by atoms with Gasteiger partial charge >= 0.3 is 0 Å². The standard InChI is InChI=1S/C19H23N/c1-16-9-8-14-19(15-20-16,17-10-4-2-5-11-17)18-12-6-3-7-13-18/h2-7,10-13,16,20H,8-9,14-15H2,1H3. The van der Waals surface area contributed by atoms with Crippen molar-refractivity contribution in [2.24, 2.45) is 0 Å². The number of benzene rings is 2. The van der Waals surface area contributed by atoms with Crippen molar-refractivity contribution in [3.05, 3.63) is 71.8 Å². The van der Waals surface area contributed by atoms with Gasteiger partial charge in [-0.05, 0) is 30.9 Å². The molecule has 1 aliphatic heterocycles. The molecule has 1 nitrogen and oxygen atoms in total. The van der Waals surface area contributed by atoms with E-state index in [1.165, 1.54) is 30.4 Å². The molecule has 0 aliphatic carbocycles. The Morgan fingerprint density at radius 2 is 1.45 bits per heavy atom. The predicted octanol–water partition coefficient (Wildman–Crippen LogP) is 4.13. The molecule has 0 saturated carbocycles. The van der Waals surface area contributed by atoms with Crippen LogP contribution in [0.1, 0.15) is 37.3 Å². The van der Waals surface area contributed by atoms with Gasteiger partial charge in [0.25, 0.3) is 0 Å². The Balaban J connectivity index is 2.08. The summed E-state index contributed by atoms with van der Waals surface area (Å²) in [5, 5.41) is 3.73. The number of nitrogens with one attached hydrogen (secondary N) is 1. The van der Waals surface area contributed by atoms with Crippen LogP contribution in [0.5, 0.6) is 0 Å². The molecule has 0 spiro atoms. The van der Waals surface area contributed by atoms with Crippen molar-refractivity contribution in [2.75, 3.05) is 6.54 Å². The molecule has 1 aliphatic rings. The lowest BCUT2D eigenvalue weighted by atomic mass is 9.71. The van der Waals surface area contributed by atoms with Crippen LogP contribution in [0.15, 0.2) is 60.7 Å². The first kappa shape index (κ1) is 13.4. The normalized spacial score (nSPS) is 22.1. The summed E-state index contributed by atoms with van der Waals surface area (Å²) in [5.74, 6) is 0. The minimum absolute atomic E-state index is 0.118. The fourth-order valence-corrected chi connectivity index (χ4v) is 3.42. The zero-order valence-corrected chi connectivity index (χ0v) is 12.2. The van der Waals surface area contributed by atoms with Gasteiger partial charge in [-0.2, -0.15) is 0 Å². The van der Waals surface area contributed by atoms with Crippen LogP contribution in [0.2, 0.25) is 0 Å². The zero-order valence-electron chi connectivity index (χ0n) is 12.2. The molecule has 104 valence electrons. The molecule has 1 heterocycles. The Morgan fingerprint density at radius 1 is 0.900 bits per heavy atom. The van der Waals surface area contributed by atoms with E-state index in [1.54, 1.807) is 0 Å². The average Bonchev–Trinajstić information content (AvgIpc) is 2.72. The summed E-state index contributed by atoms with van der Waals surface area (Å²) in [6.45, 7) is 3.33. The number of hydrogen-bond donors (Lipinski definition) is 1. The molecule has 1 heteroatoms. The molecule has 20 heavy (non-hydrogen) atoms. The summed E-state index contributed by atoms with van der Waals surface area (Å²) in [6, 6.07) is 22.6. The third kappa shape index (κ3) is 2.51. The van der Waals surface area contributed by atoms with Gasteiger partial charge in [0.1, 0.15) is 0 Å². The van der Waals surface area contributed by atoms with Gasteiger partial charge in [-0.3, -0.25) is 0 Å². The van der Waals surface area contributed by atoms with Gasteiger partial charge in [0.15, 0.2) is 0 Å². The van der Waals surface area contributed by atoms with E-state index in [2.05, 4.69) is 72.9 Å². The molecule has 1 N–H and O–H groups in total. The van der Waals surface area contributed by atoms with Gasteiger partial charge in [0.05, 0.1) is 0 Å². The molecule has 2 aromatic carbocycles. The van der Waals surface area contributed by atoms with Crippen LogP contribution >= 0.6 is 0 Å². The van der Waals surface area contributed by atoms with Gasteiger partial charge in [0.2, 0.25) is 0 Å². The van der Waals surface area contributed by atoms with E-state index in [4.69, 9.17) is 0 Å². The van der Waals surface area contributed by atoms with Crippen LogP contribution in [-0.2, 0) is 5.41 Å². The van der Waals surface area contributed by atoms with E-state index < -0.39 is 0 Å². The summed E-state index contributed by atoms with van der Waals surface area (Å²) in [6.07, 6.45) is 3.76. The second-order valence-electron chi connectivity index (χ2n) is 5.99. The van der Waals surface area contributed by atoms with E-state index in [0.717, 1.165) is 6.54 Å². The zero-order chi connectivity index (χ0) is 13.8. The molecule has 0 aromatic heterocycles. The largest absolute Gasteiger partial charge is 0.313 e. The molecule has 0 bridgehead atoms. The molecule has 1 fully saturated rings. The predicted molar refractivity (Wildman–Crippen MR) is 85.0 cm³/mol. The molecular formula is C19H23N. The molecule has 1 saturated heterocycles. The Bertz CT molecular complexity index is 493. The lowest BCUT2D eigenvalue weighted by Gasteiger charge is -2.34. The molecule has 0 radical (unpaired) electrons. The van der Waals surface area contributed by atoms with E-state index in [0.29, 0.717) is 6.04 Å². The smallest absolute Gasteiger partial charge is 0.0327 e. The second kappa shape index (κ2) is 5.80. The van der Waals surface area contributed by atoms with Crippen LogP contribution < -0.4 is 5.32 Å². The van der Waals surface area contributed by atoms with Crippen molar-refractivity contribution in [3.63, 3.8) is 0 Å². The maximum atomic E-state index is 3.73. The first-order valence-electron chi connectivity index (χ1n) is 7.66. The summed E-state index contributed by atoms with van der Waals surface area (Å²) in [4.78, 5) is 0. The quantitative estimate of drug-likeness (QED) is 0.860. The fourth-order valence-electron chi connectivity index (χ4n) is 3.42. The second-order valence-corrected chi connectivity index (χ2v) is 5.99. The third-order valence-electron chi connectivity index (χ3n) is 4.65. The highest BCUT2D eigenvalue weighted by atomic mass is 14.9. The molecule has 2 aromatic rings. The van der Waals surface area contributed by atoms with E-state index in [-0.39, 0.29) is 5.41 Å². The van der Waals surface area contributed by atoms with Crippen LogP contribution in [0.25, 0.3) is 0 Å². The van der Waals surface area contributed by atoms with Crippen LogP contribution in [0.4, 0.5) is 0 Å². The Labute approximate surface area is 122 Å². The van der Waals surface area contributed by atoms with Crippen molar-refractivity contribution >= 4 is 0 Å². The maximum absolute atomic E-state index is 3.73. The SMILES string of the molecule is CC1CCCC(c2ccccc2)(c2ccccc2)CN1. The number of rotatable bonds is 2. The van der Waals surface area contributed by atoms with Gasteiger partial charge in [-0.1, -0.05) is 67.1 Å². The highest BCUT2D eigenvalue weighted by molar-refractivity contribution is 5.40. The van der Waals surface area contributed by atoms with Crippen molar-refractivity contribution in [1.29, 1.82) is 0 Å². The first-order valence-corrected chi connectivity index (χ1v) is 7.66. The lowest BCUT2D eigenvalue weighted by molar-refractivity contribution is 0.455. The monoisotopic (exact) mass is 265 g/mol. The van der Waals surface area contributed by atoms with Crippen LogP contribution in [-0.4, -0.2) is 12.6 Å². The lowest BCUT2D eigenvalue weighted by Crippen LogP contribution is -2.40. The Kier molecular flexibility index (Phi) is 3.88. The van der Waals surface area contributed by atoms with Crippen LogP contribution in [0, 0.1) is 0 Å². The van der Waals surface area contributed by atoms with Gasteiger partial charge in [0, 0.05) is 18.0 Å². The Morgan fingerprint density at radius 3 is 2.00 bits per heavy atom. The minimum atomic E-state index is 0.118. The van der Waals surface area contributed by atoms with E-state index >= 15 is 0 Å². The molecule has 1 unspecified atom stereocenters. The first-order chi connectivity index (χ1) is 9.81. The molecule has 3 rings (SSSR count). The average molecular weight is 265 g/mol. The van der Waals surface area contributed by atoms with E-state index in [1.807, 2.05) is 0 Å². The minimum Gasteiger partial charge on any atom is -0.313 e.